The minimum atomic E-state index is -2.91. The molecule has 0 atom stereocenters. The van der Waals surface area contributed by atoms with Crippen molar-refractivity contribution < 1.29 is 8.42 Å². The molecule has 5 nitrogen and oxygen atoms in total. The Kier molecular flexibility index (Phi) is 5.68. The lowest BCUT2D eigenvalue weighted by molar-refractivity contribution is 0.388. The Labute approximate surface area is 98.8 Å². The summed E-state index contributed by atoms with van der Waals surface area (Å²) in [6.45, 7) is 4.08. The molecule has 0 spiro atoms. The van der Waals surface area contributed by atoms with Gasteiger partial charge in [0.1, 0.15) is 0 Å². The molecule has 1 aliphatic rings. The SMILES string of the molecule is CN(C)CCCNCCN1CCCS1(=O)=O. The first-order valence-corrected chi connectivity index (χ1v) is 7.46. The van der Waals surface area contributed by atoms with E-state index in [9.17, 15) is 8.42 Å². The summed E-state index contributed by atoms with van der Waals surface area (Å²) in [7, 11) is 1.20. The second kappa shape index (κ2) is 6.54. The average Bonchev–Trinajstić information content (AvgIpc) is 2.51. The molecule has 1 heterocycles. The fraction of sp³-hybridized carbons (Fsp3) is 1.00. The maximum atomic E-state index is 11.5. The Hall–Kier alpha value is -0.170. The smallest absolute Gasteiger partial charge is 0.214 e. The van der Waals surface area contributed by atoms with Gasteiger partial charge in [0.2, 0.25) is 10.0 Å². The summed E-state index contributed by atoms with van der Waals surface area (Å²) < 4.78 is 24.5. The van der Waals surface area contributed by atoms with Gasteiger partial charge in [-0.05, 0) is 40.0 Å². The highest BCUT2D eigenvalue weighted by atomic mass is 32.2. The molecule has 1 N–H and O–H groups in total. The van der Waals surface area contributed by atoms with Gasteiger partial charge >= 0.3 is 0 Å². The van der Waals surface area contributed by atoms with Gasteiger partial charge in [-0.25, -0.2) is 12.7 Å². The number of hydrogen-bond acceptors (Lipinski definition) is 4. The molecule has 0 saturated carbocycles. The molecule has 0 amide bonds. The summed E-state index contributed by atoms with van der Waals surface area (Å²) in [5.74, 6) is 0.327. The highest BCUT2D eigenvalue weighted by Gasteiger charge is 2.27. The first-order chi connectivity index (χ1) is 7.52. The maximum absolute atomic E-state index is 11.5. The lowest BCUT2D eigenvalue weighted by Crippen LogP contribution is -2.34. The molecule has 0 aliphatic carbocycles. The van der Waals surface area contributed by atoms with E-state index >= 15 is 0 Å². The van der Waals surface area contributed by atoms with Crippen LogP contribution in [-0.4, -0.2) is 70.2 Å². The monoisotopic (exact) mass is 249 g/mol. The van der Waals surface area contributed by atoms with Gasteiger partial charge in [0.05, 0.1) is 5.75 Å². The summed E-state index contributed by atoms with van der Waals surface area (Å²) in [6.07, 6.45) is 1.88. The largest absolute Gasteiger partial charge is 0.315 e. The molecule has 1 rings (SSSR count). The Morgan fingerprint density at radius 3 is 2.62 bits per heavy atom. The van der Waals surface area contributed by atoms with Crippen molar-refractivity contribution in [3.05, 3.63) is 0 Å². The molecule has 0 aromatic carbocycles. The van der Waals surface area contributed by atoms with E-state index in [1.54, 1.807) is 4.31 Å². The summed E-state index contributed by atoms with van der Waals surface area (Å²) in [5, 5.41) is 3.27. The lowest BCUT2D eigenvalue weighted by Gasteiger charge is -2.15. The number of nitrogens with zero attached hydrogens (tertiary/aromatic N) is 2. The predicted octanol–water partition coefficient (Wildman–Crippen LogP) is -0.437. The van der Waals surface area contributed by atoms with Gasteiger partial charge < -0.3 is 10.2 Å². The first kappa shape index (κ1) is 13.9. The van der Waals surface area contributed by atoms with Crippen LogP contribution >= 0.6 is 0 Å². The van der Waals surface area contributed by atoms with E-state index in [1.807, 2.05) is 0 Å². The second-order valence-corrected chi connectivity index (χ2v) is 6.56. The van der Waals surface area contributed by atoms with E-state index in [1.165, 1.54) is 0 Å². The van der Waals surface area contributed by atoms with Crippen LogP contribution in [0.5, 0.6) is 0 Å². The molecule has 1 fully saturated rings. The van der Waals surface area contributed by atoms with Gasteiger partial charge in [-0.2, -0.15) is 0 Å². The van der Waals surface area contributed by atoms with Crippen LogP contribution in [0, 0.1) is 0 Å². The molecular formula is C10H23N3O2S. The molecule has 0 radical (unpaired) electrons. The van der Waals surface area contributed by atoms with Crippen molar-refractivity contribution in [1.29, 1.82) is 0 Å². The zero-order valence-electron chi connectivity index (χ0n) is 10.3. The van der Waals surface area contributed by atoms with Crippen LogP contribution in [0.4, 0.5) is 0 Å². The van der Waals surface area contributed by atoms with Crippen molar-refractivity contribution in [2.45, 2.75) is 12.8 Å². The second-order valence-electron chi connectivity index (χ2n) is 4.48. The predicted molar refractivity (Wildman–Crippen MR) is 66.0 cm³/mol. The zero-order valence-corrected chi connectivity index (χ0v) is 11.1. The average molecular weight is 249 g/mol. The normalized spacial score (nSPS) is 20.7. The van der Waals surface area contributed by atoms with Gasteiger partial charge in [-0.15, -0.1) is 0 Å². The van der Waals surface area contributed by atoms with E-state index in [0.29, 0.717) is 18.8 Å². The molecule has 1 saturated heterocycles. The summed E-state index contributed by atoms with van der Waals surface area (Å²) >= 11 is 0. The Bertz CT molecular complexity index is 290. The van der Waals surface area contributed by atoms with Gasteiger partial charge in [0.25, 0.3) is 0 Å². The van der Waals surface area contributed by atoms with Crippen molar-refractivity contribution in [2.75, 3.05) is 52.6 Å². The van der Waals surface area contributed by atoms with E-state index in [4.69, 9.17) is 0 Å². The summed E-state index contributed by atoms with van der Waals surface area (Å²) in [5.41, 5.74) is 0. The number of hydrogen-bond donors (Lipinski definition) is 1. The van der Waals surface area contributed by atoms with E-state index in [0.717, 1.165) is 32.5 Å². The van der Waals surface area contributed by atoms with Crippen LogP contribution in [0.15, 0.2) is 0 Å². The van der Waals surface area contributed by atoms with E-state index in [-0.39, 0.29) is 0 Å². The van der Waals surface area contributed by atoms with Crippen molar-refractivity contribution in [3.8, 4) is 0 Å². The molecule has 0 unspecified atom stereocenters. The minimum absolute atomic E-state index is 0.327. The third kappa shape index (κ3) is 4.78. The van der Waals surface area contributed by atoms with Crippen molar-refractivity contribution in [3.63, 3.8) is 0 Å². The van der Waals surface area contributed by atoms with Crippen molar-refractivity contribution >= 4 is 10.0 Å². The highest BCUT2D eigenvalue weighted by molar-refractivity contribution is 7.89. The van der Waals surface area contributed by atoms with E-state index < -0.39 is 10.0 Å². The number of rotatable bonds is 7. The van der Waals surface area contributed by atoms with Crippen LogP contribution in [0.2, 0.25) is 0 Å². The Balaban J connectivity index is 2.03. The number of sulfonamides is 1. The summed E-state index contributed by atoms with van der Waals surface area (Å²) in [6, 6.07) is 0. The molecule has 0 aromatic heterocycles. The van der Waals surface area contributed by atoms with E-state index in [2.05, 4.69) is 24.3 Å². The maximum Gasteiger partial charge on any atom is 0.214 e. The molecule has 96 valence electrons. The third-order valence-electron chi connectivity index (χ3n) is 2.70. The topological polar surface area (TPSA) is 52.6 Å². The molecule has 16 heavy (non-hydrogen) atoms. The molecule has 1 aliphatic heterocycles. The minimum Gasteiger partial charge on any atom is -0.315 e. The Morgan fingerprint density at radius 1 is 1.31 bits per heavy atom. The van der Waals surface area contributed by atoms with Crippen LogP contribution in [0.3, 0.4) is 0 Å². The molecular weight excluding hydrogens is 226 g/mol. The molecule has 6 heteroatoms. The fourth-order valence-corrected chi connectivity index (χ4v) is 3.32. The van der Waals surface area contributed by atoms with Crippen LogP contribution in [0.1, 0.15) is 12.8 Å². The molecule has 0 bridgehead atoms. The summed E-state index contributed by atoms with van der Waals surface area (Å²) in [4.78, 5) is 2.15. The fourth-order valence-electron chi connectivity index (χ4n) is 1.79. The van der Waals surface area contributed by atoms with Gasteiger partial charge in [0, 0.05) is 19.6 Å². The van der Waals surface area contributed by atoms with Crippen LogP contribution < -0.4 is 5.32 Å². The van der Waals surface area contributed by atoms with Crippen LogP contribution in [0.25, 0.3) is 0 Å². The quantitative estimate of drug-likeness (QED) is 0.622. The van der Waals surface area contributed by atoms with Gasteiger partial charge in [0.15, 0.2) is 0 Å². The standard InChI is InChI=1S/C10H23N3O2S/c1-12(2)7-3-5-11-6-9-13-8-4-10-16(13,14)15/h11H,3-10H2,1-2H3. The molecule has 0 aromatic rings. The highest BCUT2D eigenvalue weighted by Crippen LogP contribution is 2.11. The van der Waals surface area contributed by atoms with Crippen molar-refractivity contribution in [1.82, 2.24) is 14.5 Å². The third-order valence-corrected chi connectivity index (χ3v) is 4.66. The Morgan fingerprint density at radius 2 is 2.06 bits per heavy atom. The van der Waals surface area contributed by atoms with Crippen molar-refractivity contribution in [2.24, 2.45) is 0 Å². The van der Waals surface area contributed by atoms with Gasteiger partial charge in [-0.3, -0.25) is 0 Å². The van der Waals surface area contributed by atoms with Crippen LogP contribution in [-0.2, 0) is 10.0 Å². The van der Waals surface area contributed by atoms with Gasteiger partial charge in [-0.1, -0.05) is 0 Å². The number of nitrogens with one attached hydrogen (secondary N) is 1. The lowest BCUT2D eigenvalue weighted by atomic mass is 10.4. The first-order valence-electron chi connectivity index (χ1n) is 5.85. The zero-order chi connectivity index (χ0) is 12.0.